The molecule has 0 atom stereocenters. The maximum absolute atomic E-state index is 12.3. The first kappa shape index (κ1) is 16.5. The third kappa shape index (κ3) is 4.08. The van der Waals surface area contributed by atoms with E-state index in [-0.39, 0.29) is 24.3 Å². The number of aromatic hydroxyl groups is 1. The predicted molar refractivity (Wildman–Crippen MR) is 89.2 cm³/mol. The van der Waals surface area contributed by atoms with E-state index in [9.17, 15) is 14.7 Å². The number of carbonyl (C=O) groups is 2. The lowest BCUT2D eigenvalue weighted by molar-refractivity contribution is -0.149. The van der Waals surface area contributed by atoms with Gasteiger partial charge < -0.3 is 9.84 Å². The summed E-state index contributed by atoms with van der Waals surface area (Å²) < 4.78 is 5.36. The molecule has 1 fully saturated rings. The number of hydrogen-bond donors (Lipinski definition) is 1. The third-order valence-electron chi connectivity index (χ3n) is 2.72. The number of hydrogen-bond acceptors (Lipinski definition) is 6. The molecule has 1 heterocycles. The fourth-order valence-corrected chi connectivity index (χ4v) is 3.04. The highest BCUT2D eigenvalue weighted by Gasteiger charge is 2.33. The summed E-state index contributed by atoms with van der Waals surface area (Å²) in [6.45, 7) is 3.30. The first-order valence-corrected chi connectivity index (χ1v) is 7.83. The number of carbonyl (C=O) groups excluding carboxylic acids is 2. The van der Waals surface area contributed by atoms with Crippen molar-refractivity contribution < 1.29 is 19.4 Å². The smallest absolute Gasteiger partial charge is 0.326 e. The van der Waals surface area contributed by atoms with Gasteiger partial charge in [-0.1, -0.05) is 36.1 Å². The van der Waals surface area contributed by atoms with Crippen LogP contribution in [0.25, 0.3) is 6.08 Å². The van der Waals surface area contributed by atoms with E-state index in [2.05, 4.69) is 0 Å². The minimum atomic E-state index is -0.489. The Hall–Kier alpha value is -1.86. The summed E-state index contributed by atoms with van der Waals surface area (Å²) in [4.78, 5) is 25.6. The van der Waals surface area contributed by atoms with Crippen molar-refractivity contribution in [3.63, 3.8) is 0 Å². The molecule has 22 heavy (non-hydrogen) atoms. The van der Waals surface area contributed by atoms with Gasteiger partial charge in [0.25, 0.3) is 5.91 Å². The summed E-state index contributed by atoms with van der Waals surface area (Å²) in [5.74, 6) is -0.651. The number of nitrogens with zero attached hydrogens (tertiary/aromatic N) is 1. The largest absolute Gasteiger partial charge is 0.508 e. The molecule has 1 aromatic rings. The first-order chi connectivity index (χ1) is 10.4. The van der Waals surface area contributed by atoms with E-state index in [1.807, 2.05) is 0 Å². The molecule has 0 bridgehead atoms. The molecule has 1 aromatic carbocycles. The van der Waals surface area contributed by atoms with Crippen LogP contribution in [0.15, 0.2) is 29.2 Å². The maximum Gasteiger partial charge on any atom is 0.326 e. The fraction of sp³-hybridized carbons (Fsp3) is 0.267. The molecule has 0 saturated carbocycles. The lowest BCUT2D eigenvalue weighted by atomic mass is 10.2. The minimum Gasteiger partial charge on any atom is -0.508 e. The van der Waals surface area contributed by atoms with E-state index in [4.69, 9.17) is 17.0 Å². The SMILES string of the molecule is CC(C)OC(=O)CN1C(=O)/C(=C/c2ccc(O)cc2)SC1=S. The molecular formula is C15H15NO4S2. The molecule has 116 valence electrons. The lowest BCUT2D eigenvalue weighted by Gasteiger charge is -2.14. The summed E-state index contributed by atoms with van der Waals surface area (Å²) in [7, 11) is 0. The van der Waals surface area contributed by atoms with Gasteiger partial charge in [0, 0.05) is 0 Å². The van der Waals surface area contributed by atoms with E-state index in [0.29, 0.717) is 9.23 Å². The molecule has 7 heteroatoms. The van der Waals surface area contributed by atoms with E-state index in [0.717, 1.165) is 17.3 Å². The van der Waals surface area contributed by atoms with Gasteiger partial charge in [0.2, 0.25) is 0 Å². The molecule has 0 unspecified atom stereocenters. The molecule has 0 aromatic heterocycles. The Balaban J connectivity index is 2.11. The summed E-state index contributed by atoms with van der Waals surface area (Å²) in [5.41, 5.74) is 0.767. The Labute approximate surface area is 137 Å². The molecule has 1 saturated heterocycles. The van der Waals surface area contributed by atoms with Crippen molar-refractivity contribution in [3.05, 3.63) is 34.7 Å². The second-order valence-corrected chi connectivity index (χ2v) is 6.57. The zero-order valence-corrected chi connectivity index (χ0v) is 13.7. The Morgan fingerprint density at radius 2 is 2.05 bits per heavy atom. The first-order valence-electron chi connectivity index (χ1n) is 6.60. The number of rotatable bonds is 4. The number of ether oxygens (including phenoxy) is 1. The van der Waals surface area contributed by atoms with Gasteiger partial charge in [-0.3, -0.25) is 14.5 Å². The number of thiocarbonyl (C=S) groups is 1. The minimum absolute atomic E-state index is 0.154. The zero-order chi connectivity index (χ0) is 16.3. The average molecular weight is 337 g/mol. The van der Waals surface area contributed by atoms with Crippen LogP contribution in [0, 0.1) is 0 Å². The normalized spacial score (nSPS) is 16.7. The molecule has 0 aliphatic carbocycles. The van der Waals surface area contributed by atoms with Gasteiger partial charge in [-0.2, -0.15) is 0 Å². The third-order valence-corrected chi connectivity index (χ3v) is 4.10. The van der Waals surface area contributed by atoms with Gasteiger partial charge in [0.05, 0.1) is 11.0 Å². The average Bonchev–Trinajstić information content (AvgIpc) is 2.68. The van der Waals surface area contributed by atoms with Crippen LogP contribution in [0.4, 0.5) is 0 Å². The number of phenols is 1. The molecular weight excluding hydrogens is 322 g/mol. The summed E-state index contributed by atoms with van der Waals surface area (Å²) in [6, 6.07) is 6.45. The number of benzene rings is 1. The van der Waals surface area contributed by atoms with Crippen LogP contribution in [-0.2, 0) is 14.3 Å². The van der Waals surface area contributed by atoms with Crippen molar-refractivity contribution in [2.45, 2.75) is 20.0 Å². The van der Waals surface area contributed by atoms with Crippen LogP contribution in [0.1, 0.15) is 19.4 Å². The Morgan fingerprint density at radius 1 is 1.41 bits per heavy atom. The van der Waals surface area contributed by atoms with Gasteiger partial charge in [-0.05, 0) is 37.6 Å². The highest BCUT2D eigenvalue weighted by atomic mass is 32.2. The van der Waals surface area contributed by atoms with Gasteiger partial charge >= 0.3 is 5.97 Å². The van der Waals surface area contributed by atoms with Crippen molar-refractivity contribution in [1.29, 1.82) is 0 Å². The lowest BCUT2D eigenvalue weighted by Crippen LogP contribution is -2.35. The van der Waals surface area contributed by atoms with E-state index in [1.165, 1.54) is 17.0 Å². The molecule has 1 aliphatic rings. The molecule has 1 aliphatic heterocycles. The van der Waals surface area contributed by atoms with Crippen molar-refractivity contribution in [1.82, 2.24) is 4.90 Å². The van der Waals surface area contributed by atoms with Crippen molar-refractivity contribution in [2.75, 3.05) is 6.54 Å². The van der Waals surface area contributed by atoms with Crippen molar-refractivity contribution >= 4 is 46.3 Å². The second kappa shape index (κ2) is 6.93. The van der Waals surface area contributed by atoms with Crippen LogP contribution in [-0.4, -0.2) is 38.9 Å². The van der Waals surface area contributed by atoms with Gasteiger partial charge in [-0.15, -0.1) is 0 Å². The Morgan fingerprint density at radius 3 is 2.64 bits per heavy atom. The number of esters is 1. The van der Waals surface area contributed by atoms with Crippen LogP contribution in [0.5, 0.6) is 5.75 Å². The quantitative estimate of drug-likeness (QED) is 0.517. The number of thioether (sulfide) groups is 1. The van der Waals surface area contributed by atoms with Crippen LogP contribution >= 0.6 is 24.0 Å². The molecule has 2 rings (SSSR count). The second-order valence-electron chi connectivity index (χ2n) is 4.90. The zero-order valence-electron chi connectivity index (χ0n) is 12.1. The highest BCUT2D eigenvalue weighted by molar-refractivity contribution is 8.26. The van der Waals surface area contributed by atoms with Crippen LogP contribution in [0.2, 0.25) is 0 Å². The van der Waals surface area contributed by atoms with Crippen LogP contribution < -0.4 is 0 Å². The standard InChI is InChI=1S/C15H15NO4S2/c1-9(2)20-13(18)8-16-14(19)12(22-15(16)21)7-10-3-5-11(17)6-4-10/h3-7,9,17H,8H2,1-2H3/b12-7-. The van der Waals surface area contributed by atoms with Gasteiger partial charge in [0.15, 0.2) is 0 Å². The molecule has 1 N–H and O–H groups in total. The predicted octanol–water partition coefficient (Wildman–Crippen LogP) is 2.55. The van der Waals surface area contributed by atoms with Crippen molar-refractivity contribution in [2.24, 2.45) is 0 Å². The monoisotopic (exact) mass is 337 g/mol. The van der Waals surface area contributed by atoms with Gasteiger partial charge in [-0.25, -0.2) is 0 Å². The number of phenolic OH excluding ortho intramolecular Hbond substituents is 1. The Kier molecular flexibility index (Phi) is 5.20. The van der Waals surface area contributed by atoms with Crippen molar-refractivity contribution in [3.8, 4) is 5.75 Å². The van der Waals surface area contributed by atoms with E-state index < -0.39 is 5.97 Å². The van der Waals surface area contributed by atoms with Crippen LogP contribution in [0.3, 0.4) is 0 Å². The summed E-state index contributed by atoms with van der Waals surface area (Å²) in [6.07, 6.45) is 1.44. The van der Waals surface area contributed by atoms with Gasteiger partial charge in [0.1, 0.15) is 16.6 Å². The van der Waals surface area contributed by atoms with E-state index in [1.54, 1.807) is 32.1 Å². The molecule has 0 radical (unpaired) electrons. The fourth-order valence-electron chi connectivity index (χ4n) is 1.79. The Bertz CT molecular complexity index is 637. The molecule has 0 spiro atoms. The number of amides is 1. The summed E-state index contributed by atoms with van der Waals surface area (Å²) in [5, 5.41) is 9.25. The highest BCUT2D eigenvalue weighted by Crippen LogP contribution is 2.32. The molecule has 1 amide bonds. The molecule has 5 nitrogen and oxygen atoms in total. The maximum atomic E-state index is 12.3. The summed E-state index contributed by atoms with van der Waals surface area (Å²) >= 11 is 6.28. The van der Waals surface area contributed by atoms with E-state index >= 15 is 0 Å². The topological polar surface area (TPSA) is 66.8 Å².